The molecule has 0 spiro atoms. The van der Waals surface area contributed by atoms with Crippen LogP contribution in [0.5, 0.6) is 0 Å². The molecule has 40 valence electrons. The topological polar surface area (TPSA) is 20.2 Å². The molecule has 2 nitrogen and oxygen atoms in total. The van der Waals surface area contributed by atoms with Gasteiger partial charge in [-0.1, -0.05) is 0 Å². The second-order valence-electron chi connectivity index (χ2n) is 2.24. The third kappa shape index (κ3) is 5.32. The predicted octanol–water partition coefficient (Wildman–Crippen LogP) is -0.0165. The summed E-state index contributed by atoms with van der Waals surface area (Å²) in [5, 5.41) is 8.03. The second-order valence-corrected chi connectivity index (χ2v) is 2.24. The Morgan fingerprint density at radius 2 is 1.71 bits per heavy atom. The lowest BCUT2D eigenvalue weighted by molar-refractivity contribution is -0.800. The summed E-state index contributed by atoms with van der Waals surface area (Å²) in [4.78, 5) is 0. The Kier molecular flexibility index (Phi) is 1.67. The van der Waals surface area contributed by atoms with Crippen LogP contribution in [0.1, 0.15) is 0 Å². The van der Waals surface area contributed by atoms with Crippen LogP contribution < -0.4 is 0 Å². The summed E-state index contributed by atoms with van der Waals surface area (Å²) in [7, 11) is 5.63. The Labute approximate surface area is 44.0 Å². The van der Waals surface area contributed by atoms with Crippen molar-refractivity contribution < 1.29 is 9.59 Å². The Morgan fingerprint density at radius 3 is 1.71 bits per heavy atom. The maximum atomic E-state index is 8.03. The summed E-state index contributed by atoms with van der Waals surface area (Å²) in [6.07, 6.45) is 1.83. The van der Waals surface area contributed by atoms with Crippen LogP contribution in [0.2, 0.25) is 0 Å². The molecular weight excluding hydrogens is 90.1 g/mol. The first kappa shape index (κ1) is 6.32. The number of hydrogen-bond donors (Lipinski definition) is 1. The van der Waals surface area contributed by atoms with E-state index in [-0.39, 0.29) is 0 Å². The normalized spacial score (nSPS) is 9.57. The summed E-state index contributed by atoms with van der Waals surface area (Å²) in [6, 6.07) is 2.53. The van der Waals surface area contributed by atoms with Crippen LogP contribution in [-0.2, 0) is 0 Å². The average molecular weight is 100 g/mol. The first-order chi connectivity index (χ1) is 3.06. The Bertz CT molecular complexity index is 101. The van der Waals surface area contributed by atoms with Crippen molar-refractivity contribution in [2.45, 2.75) is 0 Å². The molecule has 0 saturated heterocycles. The van der Waals surface area contributed by atoms with Gasteiger partial charge in [-0.3, -0.25) is 4.48 Å². The van der Waals surface area contributed by atoms with Crippen molar-refractivity contribution in [3.8, 4) is 12.2 Å². The standard InChI is InChI=1S/C5H9NO/c1-6(2,3)4-5-7/h1-3H3/p+1. The molecule has 0 atom stereocenters. The highest BCUT2D eigenvalue weighted by atomic mass is 16.2. The van der Waals surface area contributed by atoms with Crippen molar-refractivity contribution >= 4 is 0 Å². The highest BCUT2D eigenvalue weighted by molar-refractivity contribution is 4.76. The zero-order valence-corrected chi connectivity index (χ0v) is 4.89. The molecule has 0 aliphatic rings. The highest BCUT2D eigenvalue weighted by Gasteiger charge is 1.98. The fourth-order valence-corrected chi connectivity index (χ4v) is 0.150. The molecule has 7 heavy (non-hydrogen) atoms. The van der Waals surface area contributed by atoms with E-state index in [0.29, 0.717) is 4.48 Å². The first-order valence-electron chi connectivity index (χ1n) is 2.04. The molecule has 0 radical (unpaired) electrons. The average Bonchev–Trinajstić information content (AvgIpc) is 1.30. The van der Waals surface area contributed by atoms with Gasteiger partial charge in [-0.25, -0.2) is 0 Å². The molecule has 0 aromatic rings. The van der Waals surface area contributed by atoms with E-state index in [1.54, 1.807) is 0 Å². The molecule has 0 heterocycles. The first-order valence-corrected chi connectivity index (χ1v) is 2.04. The minimum absolute atomic E-state index is 0.483. The minimum Gasteiger partial charge on any atom is -0.458 e. The van der Waals surface area contributed by atoms with E-state index in [0.717, 1.165) is 0 Å². The SMILES string of the molecule is C[N+](C)(C)C#CO. The molecule has 0 fully saturated rings. The number of quaternary nitrogens is 1. The van der Waals surface area contributed by atoms with Crippen LogP contribution in [0.25, 0.3) is 0 Å². The van der Waals surface area contributed by atoms with E-state index < -0.39 is 0 Å². The van der Waals surface area contributed by atoms with E-state index >= 15 is 0 Å². The molecule has 0 saturated carbocycles. The van der Waals surface area contributed by atoms with Gasteiger partial charge in [-0.2, -0.15) is 0 Å². The highest BCUT2D eigenvalue weighted by Crippen LogP contribution is 1.80. The molecule has 0 rings (SSSR count). The molecular formula is C5H10NO+. The van der Waals surface area contributed by atoms with Crippen LogP contribution in [-0.4, -0.2) is 30.7 Å². The van der Waals surface area contributed by atoms with Gasteiger partial charge in [-0.05, 0) is 0 Å². The number of aliphatic hydroxyl groups is 1. The van der Waals surface area contributed by atoms with Crippen LogP contribution >= 0.6 is 0 Å². The minimum atomic E-state index is 0.483. The maximum Gasteiger partial charge on any atom is 0.180 e. The van der Waals surface area contributed by atoms with Crippen molar-refractivity contribution in [1.29, 1.82) is 0 Å². The lowest BCUT2D eigenvalue weighted by Gasteiger charge is -2.10. The van der Waals surface area contributed by atoms with Crippen LogP contribution in [0.15, 0.2) is 0 Å². The quantitative estimate of drug-likeness (QED) is 0.335. The third-order valence-electron chi connectivity index (χ3n) is 0.385. The van der Waals surface area contributed by atoms with Crippen molar-refractivity contribution in [2.24, 2.45) is 0 Å². The van der Waals surface area contributed by atoms with E-state index in [4.69, 9.17) is 5.11 Å². The third-order valence-corrected chi connectivity index (χ3v) is 0.385. The zero-order chi connectivity index (χ0) is 5.91. The van der Waals surface area contributed by atoms with Gasteiger partial charge >= 0.3 is 0 Å². The fraction of sp³-hybridized carbons (Fsp3) is 0.600. The summed E-state index contributed by atoms with van der Waals surface area (Å²) in [6.45, 7) is 0. The number of nitrogens with zero attached hydrogens (tertiary/aromatic N) is 1. The lowest BCUT2D eigenvalue weighted by Crippen LogP contribution is -2.27. The molecule has 2 heteroatoms. The molecule has 0 aromatic carbocycles. The lowest BCUT2D eigenvalue weighted by atomic mass is 10.7. The molecule has 0 bridgehead atoms. The molecule has 0 unspecified atom stereocenters. The number of aliphatic hydroxyl groups excluding tert-OH is 1. The van der Waals surface area contributed by atoms with Gasteiger partial charge in [0.05, 0.1) is 21.1 Å². The summed E-state index contributed by atoms with van der Waals surface area (Å²) in [5.74, 6) is 0. The van der Waals surface area contributed by atoms with Crippen LogP contribution in [0.4, 0.5) is 0 Å². The van der Waals surface area contributed by atoms with Gasteiger partial charge in [0, 0.05) is 0 Å². The smallest absolute Gasteiger partial charge is 0.180 e. The Morgan fingerprint density at radius 1 is 1.29 bits per heavy atom. The van der Waals surface area contributed by atoms with Crippen LogP contribution in [0, 0.1) is 12.2 Å². The van der Waals surface area contributed by atoms with E-state index in [9.17, 15) is 0 Å². The van der Waals surface area contributed by atoms with E-state index in [2.05, 4.69) is 6.04 Å². The largest absolute Gasteiger partial charge is 0.458 e. The van der Waals surface area contributed by atoms with Gasteiger partial charge in [0.25, 0.3) is 0 Å². The van der Waals surface area contributed by atoms with Crippen molar-refractivity contribution in [3.63, 3.8) is 0 Å². The van der Waals surface area contributed by atoms with Gasteiger partial charge < -0.3 is 5.11 Å². The van der Waals surface area contributed by atoms with Crippen molar-refractivity contribution in [2.75, 3.05) is 21.1 Å². The molecule has 0 amide bonds. The number of hydrogen-bond acceptors (Lipinski definition) is 1. The summed E-state index contributed by atoms with van der Waals surface area (Å²) in [5.41, 5.74) is 0. The number of rotatable bonds is 0. The van der Waals surface area contributed by atoms with Gasteiger partial charge in [-0.15, -0.1) is 0 Å². The molecule has 1 N–H and O–H groups in total. The van der Waals surface area contributed by atoms with Gasteiger partial charge in [0.1, 0.15) is 0 Å². The zero-order valence-electron chi connectivity index (χ0n) is 4.89. The van der Waals surface area contributed by atoms with E-state index in [1.165, 1.54) is 0 Å². The maximum absolute atomic E-state index is 8.03. The summed E-state index contributed by atoms with van der Waals surface area (Å²) >= 11 is 0. The van der Waals surface area contributed by atoms with Gasteiger partial charge in [0.15, 0.2) is 12.2 Å². The fourth-order valence-electron chi connectivity index (χ4n) is 0.150. The predicted molar refractivity (Wildman–Crippen MR) is 27.7 cm³/mol. The Hall–Kier alpha value is -0.680. The Balaban J connectivity index is 3.72. The van der Waals surface area contributed by atoms with Crippen molar-refractivity contribution in [3.05, 3.63) is 0 Å². The van der Waals surface area contributed by atoms with Crippen molar-refractivity contribution in [1.82, 2.24) is 0 Å². The monoisotopic (exact) mass is 100 g/mol. The van der Waals surface area contributed by atoms with Crippen LogP contribution in [0.3, 0.4) is 0 Å². The molecule has 0 aliphatic carbocycles. The summed E-state index contributed by atoms with van der Waals surface area (Å²) < 4.78 is 0.483. The van der Waals surface area contributed by atoms with Gasteiger partial charge in [0.2, 0.25) is 0 Å². The second kappa shape index (κ2) is 1.85. The van der Waals surface area contributed by atoms with E-state index in [1.807, 2.05) is 27.2 Å². The molecule has 0 aliphatic heterocycles. The molecule has 0 aromatic heterocycles.